The number of fused-ring (bicyclic) bond motifs is 1. The largest absolute Gasteiger partial charge is 0.480 e. The van der Waals surface area contributed by atoms with Crippen molar-refractivity contribution in [2.24, 2.45) is 5.92 Å². The molecule has 1 aliphatic rings. The van der Waals surface area contributed by atoms with Gasteiger partial charge in [-0.2, -0.15) is 0 Å². The molecule has 7 rings (SSSR count). The van der Waals surface area contributed by atoms with E-state index in [-0.39, 0.29) is 74.9 Å². The van der Waals surface area contributed by atoms with E-state index in [9.17, 15) is 67.7 Å². The first kappa shape index (κ1) is 87.5. The number of amides is 13. The molecular formula is C80H100ClN15O16. The van der Waals surface area contributed by atoms with Crippen LogP contribution in [0.4, 0.5) is 11.4 Å². The Hall–Kier alpha value is -11.7. The van der Waals surface area contributed by atoms with Gasteiger partial charge in [-0.3, -0.25) is 72.1 Å². The van der Waals surface area contributed by atoms with Gasteiger partial charge in [0.2, 0.25) is 65.0 Å². The number of anilines is 2. The maximum Gasteiger partial charge on any atom is 0.325 e. The summed E-state index contributed by atoms with van der Waals surface area (Å²) in [6, 6.07) is 21.3. The summed E-state index contributed by atoms with van der Waals surface area (Å²) in [6.07, 6.45) is 1.21. The number of pyridine rings is 1. The van der Waals surface area contributed by atoms with Crippen molar-refractivity contribution in [3.05, 3.63) is 173 Å². The third-order valence-corrected chi connectivity index (χ3v) is 18.5. The standard InChI is InChI=1S/C80H100ClN15O16/c1-45(2)38-62(71(102)88-61(16-11-12-34-83-46(3)4)79(110)96-37-13-17-68(96)77(108)84-47(5)80(111)112)89-73(104)64(41-52-21-28-59(29-22-52)85-48(6)98)90-74(105)65(42-53-23-30-60(31-24-53)86-49(7)99)92-76(107)67(44-97)93-78(109)69(94-70(101)56-32-35-82-36-33-56)95-75(106)66(40-51-19-26-58(81)27-20-51)91-72(103)63(87-50(8)100)43-54-18-25-55-14-9-10-15-57(55)39-54/h9-10,14-15,18-33,35-36,39,45-47,61-69,83,97H,11-13,16-17,34,37-38,40-44H2,1-8H3,(H,84,108)(H,85,98)(H,86,99)(H,87,100)(H,88,102)(H,89,104)(H,90,105)(H,91,103)(H,92,107)(H,93,109)(H,94,101)(H,95,106)(H,111,112)/t47-,61+,62+,63-,64-,65+,66-,67+,68+,69-/m1/s1. The Morgan fingerprint density at radius 2 is 0.955 bits per heavy atom. The van der Waals surface area contributed by atoms with Gasteiger partial charge in [0.05, 0.1) is 6.61 Å². The number of halogens is 1. The first-order valence-corrected chi connectivity index (χ1v) is 37.4. The van der Waals surface area contributed by atoms with E-state index in [2.05, 4.69) is 74.1 Å². The summed E-state index contributed by atoms with van der Waals surface area (Å²) < 4.78 is 0. The van der Waals surface area contributed by atoms with Gasteiger partial charge in [-0.05, 0) is 139 Å². The summed E-state index contributed by atoms with van der Waals surface area (Å²) in [5, 5.41) is 57.4. The highest BCUT2D eigenvalue weighted by Gasteiger charge is 2.41. The van der Waals surface area contributed by atoms with Gasteiger partial charge in [0.15, 0.2) is 6.17 Å². The molecule has 2 heterocycles. The third kappa shape index (κ3) is 28.0. The van der Waals surface area contributed by atoms with E-state index in [1.165, 1.54) is 81.4 Å². The van der Waals surface area contributed by atoms with Crippen LogP contribution in [0.25, 0.3) is 10.8 Å². The number of hydrogen-bond donors (Lipinski definition) is 15. The lowest BCUT2D eigenvalue weighted by molar-refractivity contribution is -0.144. The Bertz CT molecular complexity index is 4310. The summed E-state index contributed by atoms with van der Waals surface area (Å²) in [4.78, 5) is 201. The zero-order valence-corrected chi connectivity index (χ0v) is 64.5. The van der Waals surface area contributed by atoms with E-state index in [0.717, 1.165) is 10.8 Å². The number of hydrogen-bond acceptors (Lipinski definition) is 17. The normalized spacial score (nSPS) is 14.9. The second-order valence-corrected chi connectivity index (χ2v) is 28.8. The molecule has 0 spiro atoms. The maximum absolute atomic E-state index is 15.3. The number of rotatable bonds is 40. The molecule has 5 aromatic carbocycles. The van der Waals surface area contributed by atoms with Crippen molar-refractivity contribution in [3.8, 4) is 0 Å². The quantitative estimate of drug-likeness (QED) is 0.0194. The van der Waals surface area contributed by atoms with E-state index in [0.29, 0.717) is 64.5 Å². The minimum Gasteiger partial charge on any atom is -0.480 e. The number of likely N-dealkylation sites (tertiary alicyclic amines) is 1. The van der Waals surface area contributed by atoms with E-state index in [4.69, 9.17) is 11.6 Å². The first-order valence-electron chi connectivity index (χ1n) is 37.1. The first-order chi connectivity index (χ1) is 53.3. The summed E-state index contributed by atoms with van der Waals surface area (Å²) >= 11 is 6.24. The molecule has 1 aromatic heterocycles. The van der Waals surface area contributed by atoms with Crippen LogP contribution in [-0.2, 0) is 88.0 Å². The molecule has 0 bridgehead atoms. The number of unbranched alkanes of at least 4 members (excludes halogenated alkanes) is 1. The number of aliphatic hydroxyl groups is 1. The van der Waals surface area contributed by atoms with Gasteiger partial charge in [0, 0.05) is 93.4 Å². The number of aliphatic carboxylic acids is 1. The summed E-state index contributed by atoms with van der Waals surface area (Å²) in [6.45, 7) is 12.1. The van der Waals surface area contributed by atoms with Gasteiger partial charge in [-0.25, -0.2) is 0 Å². The van der Waals surface area contributed by atoms with Gasteiger partial charge in [0.25, 0.3) is 11.8 Å². The zero-order valence-electron chi connectivity index (χ0n) is 63.8. The second-order valence-electron chi connectivity index (χ2n) is 28.3. The van der Waals surface area contributed by atoms with E-state index in [1.54, 1.807) is 68.4 Å². The Morgan fingerprint density at radius 3 is 1.46 bits per heavy atom. The fraction of sp³-hybridized carbons (Fsp3) is 0.412. The Morgan fingerprint density at radius 1 is 0.491 bits per heavy atom. The number of aromatic nitrogens is 1. The number of carbonyl (C=O) groups is 14. The molecule has 1 aliphatic heterocycles. The van der Waals surface area contributed by atoms with Gasteiger partial charge in [-0.1, -0.05) is 118 Å². The van der Waals surface area contributed by atoms with Gasteiger partial charge in [-0.15, -0.1) is 0 Å². The van der Waals surface area contributed by atoms with Gasteiger partial charge in [0.1, 0.15) is 54.4 Å². The molecule has 0 radical (unpaired) electrons. The van der Waals surface area contributed by atoms with E-state index in [1.807, 2.05) is 50.2 Å². The average molecular weight is 1560 g/mol. The Kier molecular flexibility index (Phi) is 33.6. The second kappa shape index (κ2) is 43.0. The van der Waals surface area contributed by atoms with Gasteiger partial charge >= 0.3 is 5.97 Å². The lowest BCUT2D eigenvalue weighted by atomic mass is 9.99. The number of nitrogens with zero attached hydrogens (tertiary/aromatic N) is 2. The minimum absolute atomic E-state index is 0.0156. The van der Waals surface area contributed by atoms with Crippen LogP contribution in [0, 0.1) is 5.92 Å². The SMILES string of the molecule is CC(=O)Nc1ccc(C[C@H](NC(=O)[C@H](CO)NC(=O)[C@H](NC(=O)c2ccncc2)NC(=O)[C@@H](Cc2ccc(Cl)cc2)NC(=O)[C@@H](Cc2ccc3ccccc3c2)NC(C)=O)C(=O)N[C@H](Cc2ccc(NC(C)=O)cc2)C(=O)N[C@@H](CC(C)C)C(=O)N[C@@H](CCCCNC(C)C)C(=O)N2CCC[C@H]2C(=O)N[C@H](C)C(=O)O)cc1. The molecule has 0 unspecified atom stereocenters. The molecule has 32 heteroatoms. The maximum atomic E-state index is 15.3. The van der Waals surface area contributed by atoms with Crippen molar-refractivity contribution in [1.82, 2.24) is 68.4 Å². The molecule has 13 amide bonds. The van der Waals surface area contributed by atoms with Crippen LogP contribution in [0.2, 0.25) is 5.02 Å². The topological polar surface area (TPSA) is 452 Å². The van der Waals surface area contributed by atoms with E-state index < -0.39 is 144 Å². The fourth-order valence-electron chi connectivity index (χ4n) is 12.5. The molecule has 0 aliphatic carbocycles. The van der Waals surface area contributed by atoms with Crippen LogP contribution in [0.1, 0.15) is 127 Å². The molecular weight excluding hydrogens is 1460 g/mol. The van der Waals surface area contributed by atoms with Crippen LogP contribution in [-0.4, -0.2) is 189 Å². The van der Waals surface area contributed by atoms with Crippen LogP contribution in [0.3, 0.4) is 0 Å². The van der Waals surface area contributed by atoms with Crippen molar-refractivity contribution in [2.75, 3.05) is 30.3 Å². The van der Waals surface area contributed by atoms with Crippen LogP contribution < -0.4 is 69.1 Å². The predicted molar refractivity (Wildman–Crippen MR) is 418 cm³/mol. The Balaban J connectivity index is 1.19. The number of carbonyl (C=O) groups excluding carboxylic acids is 13. The van der Waals surface area contributed by atoms with Gasteiger partial charge < -0.3 is 84.2 Å². The molecule has 10 atom stereocenters. The average Bonchev–Trinajstić information content (AvgIpc) is 1.24. The molecule has 1 fully saturated rings. The van der Waals surface area contributed by atoms with Crippen molar-refractivity contribution in [2.45, 2.75) is 186 Å². The van der Waals surface area contributed by atoms with E-state index >= 15 is 9.59 Å². The number of nitrogens with one attached hydrogen (secondary N) is 13. The van der Waals surface area contributed by atoms with Crippen molar-refractivity contribution in [1.29, 1.82) is 0 Å². The zero-order chi connectivity index (χ0) is 81.7. The van der Waals surface area contributed by atoms with Crippen LogP contribution in [0.5, 0.6) is 0 Å². The number of benzene rings is 5. The number of carboxylic acids is 1. The van der Waals surface area contributed by atoms with Crippen LogP contribution in [0.15, 0.2) is 140 Å². The summed E-state index contributed by atoms with van der Waals surface area (Å²) in [7, 11) is 0. The predicted octanol–water partition coefficient (Wildman–Crippen LogP) is 3.15. The fourth-order valence-corrected chi connectivity index (χ4v) is 12.6. The highest BCUT2D eigenvalue weighted by atomic mass is 35.5. The molecule has 31 nitrogen and oxygen atoms in total. The highest BCUT2D eigenvalue weighted by Crippen LogP contribution is 2.23. The molecule has 112 heavy (non-hydrogen) atoms. The van der Waals surface area contributed by atoms with Crippen molar-refractivity contribution >= 4 is 117 Å². The molecule has 0 saturated carbocycles. The van der Waals surface area contributed by atoms with Crippen molar-refractivity contribution < 1.29 is 77.3 Å². The molecule has 598 valence electrons. The monoisotopic (exact) mass is 1560 g/mol. The Labute approximate surface area is 654 Å². The lowest BCUT2D eigenvalue weighted by Crippen LogP contribution is -2.64. The molecule has 1 saturated heterocycles. The van der Waals surface area contributed by atoms with Crippen molar-refractivity contribution in [3.63, 3.8) is 0 Å². The summed E-state index contributed by atoms with van der Waals surface area (Å²) in [5.41, 5.74) is 2.59. The smallest absolute Gasteiger partial charge is 0.325 e. The minimum atomic E-state index is -2.12. The van der Waals surface area contributed by atoms with Crippen LogP contribution >= 0.6 is 11.6 Å². The third-order valence-electron chi connectivity index (χ3n) is 18.2. The molecule has 6 aromatic rings. The highest BCUT2D eigenvalue weighted by molar-refractivity contribution is 6.30. The lowest BCUT2D eigenvalue weighted by Gasteiger charge is -2.31. The molecule has 15 N–H and O–H groups in total. The number of aliphatic hydroxyl groups excluding tert-OH is 1. The number of carboxylic acid groups (broad SMARTS) is 1. The summed E-state index contributed by atoms with van der Waals surface area (Å²) in [5.74, 6) is -12.3.